The van der Waals surface area contributed by atoms with E-state index in [1.54, 1.807) is 25.1 Å². The monoisotopic (exact) mass is 295 g/mol. The molecule has 0 fully saturated rings. The van der Waals surface area contributed by atoms with Crippen molar-refractivity contribution in [1.29, 1.82) is 0 Å². The number of benzene rings is 2. The second-order valence-electron chi connectivity index (χ2n) is 5.14. The third-order valence-electron chi connectivity index (χ3n) is 3.59. The molecule has 0 aliphatic heterocycles. The summed E-state index contributed by atoms with van der Waals surface area (Å²) in [5.41, 5.74) is 3.59. The van der Waals surface area contributed by atoms with Gasteiger partial charge in [0.1, 0.15) is 5.75 Å². The Balaban J connectivity index is 2.22. The molecular formula is C19H21NO2. The van der Waals surface area contributed by atoms with Crippen molar-refractivity contribution in [3.8, 4) is 5.75 Å². The molecule has 114 valence electrons. The van der Waals surface area contributed by atoms with Crippen LogP contribution in [-0.4, -0.2) is 20.1 Å². The number of nitrogens with zero attached hydrogens (tertiary/aromatic N) is 1. The third-order valence-corrected chi connectivity index (χ3v) is 3.59. The molecule has 1 amide bonds. The Morgan fingerprint density at radius 2 is 1.82 bits per heavy atom. The molecule has 0 bridgehead atoms. The van der Waals surface area contributed by atoms with Crippen LogP contribution in [0.2, 0.25) is 0 Å². The first-order valence-corrected chi connectivity index (χ1v) is 7.22. The zero-order valence-corrected chi connectivity index (χ0v) is 13.5. The summed E-state index contributed by atoms with van der Waals surface area (Å²) in [6, 6.07) is 13.4. The predicted molar refractivity (Wildman–Crippen MR) is 91.6 cm³/mol. The Kier molecular flexibility index (Phi) is 4.99. The predicted octanol–water partition coefficient (Wildman–Crippen LogP) is 4.31. The Labute approximate surface area is 131 Å². The molecule has 2 aromatic carbocycles. The molecule has 2 aromatic rings. The molecule has 0 aromatic heterocycles. The van der Waals surface area contributed by atoms with E-state index in [0.29, 0.717) is 5.56 Å². The lowest BCUT2D eigenvalue weighted by Crippen LogP contribution is -2.26. The van der Waals surface area contributed by atoms with Crippen LogP contribution in [0, 0.1) is 6.92 Å². The van der Waals surface area contributed by atoms with Crippen LogP contribution >= 0.6 is 0 Å². The third kappa shape index (κ3) is 3.37. The maximum Gasteiger partial charge on any atom is 0.258 e. The molecule has 0 atom stereocenters. The molecule has 22 heavy (non-hydrogen) atoms. The maximum atomic E-state index is 12.6. The molecular weight excluding hydrogens is 274 g/mol. The first kappa shape index (κ1) is 15.8. The molecule has 3 nitrogen and oxygen atoms in total. The van der Waals surface area contributed by atoms with E-state index < -0.39 is 0 Å². The van der Waals surface area contributed by atoms with Crippen molar-refractivity contribution in [3.05, 3.63) is 65.2 Å². The summed E-state index contributed by atoms with van der Waals surface area (Å²) in [5, 5.41) is 0. The van der Waals surface area contributed by atoms with Crippen molar-refractivity contribution in [2.24, 2.45) is 0 Å². The first-order valence-electron chi connectivity index (χ1n) is 7.22. The topological polar surface area (TPSA) is 29.5 Å². The summed E-state index contributed by atoms with van der Waals surface area (Å²) in [6.45, 7) is 3.91. The fraction of sp³-hybridized carbons (Fsp3) is 0.211. The summed E-state index contributed by atoms with van der Waals surface area (Å²) in [7, 11) is 3.41. The van der Waals surface area contributed by atoms with Gasteiger partial charge in [0.2, 0.25) is 0 Å². The normalized spacial score (nSPS) is 10.7. The highest BCUT2D eigenvalue weighted by Gasteiger charge is 2.14. The molecule has 0 unspecified atom stereocenters. The number of rotatable bonds is 4. The van der Waals surface area contributed by atoms with Crippen LogP contribution in [0.15, 0.2) is 48.5 Å². The van der Waals surface area contributed by atoms with Gasteiger partial charge in [-0.3, -0.25) is 4.79 Å². The second kappa shape index (κ2) is 6.94. The highest BCUT2D eigenvalue weighted by Crippen LogP contribution is 2.21. The molecule has 0 radical (unpaired) electrons. The molecule has 0 spiro atoms. The maximum absolute atomic E-state index is 12.6. The number of carbonyl (C=O) groups is 1. The van der Waals surface area contributed by atoms with Crippen LogP contribution in [0.3, 0.4) is 0 Å². The fourth-order valence-electron chi connectivity index (χ4n) is 2.32. The molecule has 2 rings (SSSR count). The second-order valence-corrected chi connectivity index (χ2v) is 5.14. The molecule has 3 heteroatoms. The molecule has 0 heterocycles. The van der Waals surface area contributed by atoms with Gasteiger partial charge in [-0.2, -0.15) is 0 Å². The van der Waals surface area contributed by atoms with Crippen molar-refractivity contribution in [1.82, 2.24) is 0 Å². The lowest BCUT2D eigenvalue weighted by molar-refractivity contribution is 0.0993. The Morgan fingerprint density at radius 3 is 2.36 bits per heavy atom. The van der Waals surface area contributed by atoms with E-state index in [2.05, 4.69) is 0 Å². The summed E-state index contributed by atoms with van der Waals surface area (Å²) in [6.07, 6.45) is 4.02. The molecule has 0 saturated heterocycles. The van der Waals surface area contributed by atoms with Crippen LogP contribution in [0.4, 0.5) is 5.69 Å². The van der Waals surface area contributed by atoms with Gasteiger partial charge >= 0.3 is 0 Å². The number of aryl methyl sites for hydroxylation is 1. The zero-order valence-electron chi connectivity index (χ0n) is 13.5. The number of allylic oxidation sites excluding steroid dienone is 1. The van der Waals surface area contributed by atoms with Crippen molar-refractivity contribution in [2.75, 3.05) is 19.1 Å². The number of amides is 1. The number of ether oxygens (including phenoxy) is 1. The van der Waals surface area contributed by atoms with Crippen LogP contribution in [0.1, 0.15) is 28.4 Å². The number of hydrogen-bond donors (Lipinski definition) is 0. The van der Waals surface area contributed by atoms with Crippen LogP contribution in [0.25, 0.3) is 6.08 Å². The molecule has 0 aliphatic rings. The van der Waals surface area contributed by atoms with E-state index in [1.807, 2.05) is 62.4 Å². The number of anilines is 1. The molecule has 0 N–H and O–H groups in total. The standard InChI is InChI=1S/C19H21NO2/c1-5-6-15-7-10-17(11-8-15)20(3)19(21)16-9-12-18(22-4)14(2)13-16/h5-13H,1-4H3. The summed E-state index contributed by atoms with van der Waals surface area (Å²) >= 11 is 0. The van der Waals surface area contributed by atoms with Gasteiger partial charge in [0.15, 0.2) is 0 Å². The number of carbonyl (C=O) groups excluding carboxylic acids is 1. The van der Waals surface area contributed by atoms with E-state index >= 15 is 0 Å². The Bertz CT molecular complexity index is 687. The van der Waals surface area contributed by atoms with Crippen molar-refractivity contribution >= 4 is 17.7 Å². The summed E-state index contributed by atoms with van der Waals surface area (Å²) in [5.74, 6) is 0.749. The zero-order chi connectivity index (χ0) is 16.1. The summed E-state index contributed by atoms with van der Waals surface area (Å²) in [4.78, 5) is 14.2. The van der Waals surface area contributed by atoms with Gasteiger partial charge in [-0.25, -0.2) is 0 Å². The minimum absolute atomic E-state index is 0.0375. The van der Waals surface area contributed by atoms with E-state index in [0.717, 1.165) is 22.6 Å². The minimum atomic E-state index is -0.0375. The largest absolute Gasteiger partial charge is 0.496 e. The smallest absolute Gasteiger partial charge is 0.258 e. The van der Waals surface area contributed by atoms with E-state index in [9.17, 15) is 4.79 Å². The Morgan fingerprint density at radius 1 is 1.14 bits per heavy atom. The van der Waals surface area contributed by atoms with Gasteiger partial charge in [-0.05, 0) is 55.3 Å². The highest BCUT2D eigenvalue weighted by atomic mass is 16.5. The van der Waals surface area contributed by atoms with Crippen molar-refractivity contribution in [3.63, 3.8) is 0 Å². The molecule has 0 aliphatic carbocycles. The van der Waals surface area contributed by atoms with Crippen LogP contribution in [0.5, 0.6) is 5.75 Å². The van der Waals surface area contributed by atoms with E-state index in [4.69, 9.17) is 4.74 Å². The molecule has 0 saturated carbocycles. The van der Waals surface area contributed by atoms with Crippen LogP contribution < -0.4 is 9.64 Å². The SMILES string of the molecule is CC=Cc1ccc(N(C)C(=O)c2ccc(OC)c(C)c2)cc1. The van der Waals surface area contributed by atoms with Gasteiger partial charge < -0.3 is 9.64 Å². The van der Waals surface area contributed by atoms with Gasteiger partial charge in [0, 0.05) is 18.3 Å². The number of methoxy groups -OCH3 is 1. The van der Waals surface area contributed by atoms with Gasteiger partial charge in [-0.1, -0.05) is 24.3 Å². The van der Waals surface area contributed by atoms with Crippen molar-refractivity contribution < 1.29 is 9.53 Å². The van der Waals surface area contributed by atoms with Crippen molar-refractivity contribution in [2.45, 2.75) is 13.8 Å². The number of hydrogen-bond acceptors (Lipinski definition) is 2. The average molecular weight is 295 g/mol. The van der Waals surface area contributed by atoms with Gasteiger partial charge in [0.25, 0.3) is 5.91 Å². The average Bonchev–Trinajstić information content (AvgIpc) is 2.54. The summed E-state index contributed by atoms with van der Waals surface area (Å²) < 4.78 is 5.23. The first-order chi connectivity index (χ1) is 10.6. The highest BCUT2D eigenvalue weighted by molar-refractivity contribution is 6.06. The van der Waals surface area contributed by atoms with Crippen LogP contribution in [-0.2, 0) is 0 Å². The van der Waals surface area contributed by atoms with Gasteiger partial charge in [-0.15, -0.1) is 0 Å². The fourth-order valence-corrected chi connectivity index (χ4v) is 2.32. The lowest BCUT2D eigenvalue weighted by atomic mass is 10.1. The Hall–Kier alpha value is -2.55. The lowest BCUT2D eigenvalue weighted by Gasteiger charge is -2.18. The minimum Gasteiger partial charge on any atom is -0.496 e. The quantitative estimate of drug-likeness (QED) is 0.841. The van der Waals surface area contributed by atoms with E-state index in [1.165, 1.54) is 0 Å². The van der Waals surface area contributed by atoms with Gasteiger partial charge in [0.05, 0.1) is 7.11 Å². The van der Waals surface area contributed by atoms with E-state index in [-0.39, 0.29) is 5.91 Å².